The van der Waals surface area contributed by atoms with Crippen molar-refractivity contribution in [2.24, 2.45) is 0 Å². The van der Waals surface area contributed by atoms with Gasteiger partial charge in [-0.3, -0.25) is 9.59 Å². The van der Waals surface area contributed by atoms with Crippen LogP contribution in [-0.2, 0) is 6.54 Å². The van der Waals surface area contributed by atoms with Gasteiger partial charge < -0.3 is 16.4 Å². The molecule has 0 unspecified atom stereocenters. The van der Waals surface area contributed by atoms with Crippen molar-refractivity contribution >= 4 is 52.4 Å². The van der Waals surface area contributed by atoms with Crippen molar-refractivity contribution in [2.45, 2.75) is 6.54 Å². The van der Waals surface area contributed by atoms with Gasteiger partial charge in [0.1, 0.15) is 0 Å². The van der Waals surface area contributed by atoms with Crippen LogP contribution < -0.4 is 16.4 Å². The molecule has 0 aliphatic carbocycles. The second-order valence-electron chi connectivity index (χ2n) is 6.18. The van der Waals surface area contributed by atoms with Crippen molar-refractivity contribution in [3.8, 4) is 11.3 Å². The summed E-state index contributed by atoms with van der Waals surface area (Å²) in [4.78, 5) is 32.8. The molecule has 7 nitrogen and oxygen atoms in total. The third-order valence-electron chi connectivity index (χ3n) is 4.19. The summed E-state index contributed by atoms with van der Waals surface area (Å²) in [6, 6.07) is 9.84. The molecular formula is C20H16Cl3N5O2. The van der Waals surface area contributed by atoms with Crippen molar-refractivity contribution in [3.05, 3.63) is 74.5 Å². The first kappa shape index (κ1) is 21.8. The monoisotopic (exact) mass is 463 g/mol. The van der Waals surface area contributed by atoms with Gasteiger partial charge in [0.15, 0.2) is 11.5 Å². The highest BCUT2D eigenvalue weighted by atomic mass is 35.5. The molecule has 1 aromatic heterocycles. The Bertz CT molecular complexity index is 1110. The maximum absolute atomic E-state index is 12.6. The van der Waals surface area contributed by atoms with Gasteiger partial charge in [-0.1, -0.05) is 46.9 Å². The summed E-state index contributed by atoms with van der Waals surface area (Å²) >= 11 is 18.2. The summed E-state index contributed by atoms with van der Waals surface area (Å²) < 4.78 is 0. The fraction of sp³-hybridized carbons (Fsp3) is 0.100. The number of carbonyl (C=O) groups is 2. The molecule has 154 valence electrons. The lowest BCUT2D eigenvalue weighted by atomic mass is 10.1. The number of nitrogens with zero attached hydrogens (tertiary/aromatic N) is 2. The van der Waals surface area contributed by atoms with Crippen LogP contribution in [0.1, 0.15) is 26.4 Å². The minimum Gasteiger partial charge on any atom is -0.382 e. The van der Waals surface area contributed by atoms with Crippen LogP contribution in [0.5, 0.6) is 0 Å². The van der Waals surface area contributed by atoms with Gasteiger partial charge in [0.2, 0.25) is 0 Å². The van der Waals surface area contributed by atoms with E-state index in [1.165, 1.54) is 13.2 Å². The largest absolute Gasteiger partial charge is 0.382 e. The van der Waals surface area contributed by atoms with Gasteiger partial charge in [-0.2, -0.15) is 0 Å². The Kier molecular flexibility index (Phi) is 6.77. The SMILES string of the molecule is CNC(=O)c1nc(-c2cccc(C(=O)NCc3c(Cl)cc(Cl)cc3Cl)c2)cnc1N. The lowest BCUT2D eigenvalue weighted by Gasteiger charge is -2.11. The van der Waals surface area contributed by atoms with Crippen LogP contribution in [0.15, 0.2) is 42.6 Å². The number of anilines is 1. The van der Waals surface area contributed by atoms with Gasteiger partial charge in [-0.25, -0.2) is 9.97 Å². The van der Waals surface area contributed by atoms with E-state index in [0.717, 1.165) is 0 Å². The number of hydrogen-bond donors (Lipinski definition) is 3. The Hall–Kier alpha value is -2.87. The first-order valence-electron chi connectivity index (χ1n) is 8.66. The molecule has 3 aromatic rings. The molecule has 0 spiro atoms. The number of halogens is 3. The topological polar surface area (TPSA) is 110 Å². The van der Waals surface area contributed by atoms with Crippen LogP contribution in [-0.4, -0.2) is 28.8 Å². The zero-order chi connectivity index (χ0) is 21.8. The molecule has 10 heteroatoms. The Morgan fingerprint density at radius 1 is 1.07 bits per heavy atom. The van der Waals surface area contributed by atoms with Crippen LogP contribution in [0.2, 0.25) is 15.1 Å². The summed E-state index contributed by atoms with van der Waals surface area (Å²) in [5.41, 5.74) is 7.68. The predicted octanol–water partition coefficient (Wildman–Crippen LogP) is 3.98. The lowest BCUT2D eigenvalue weighted by molar-refractivity contribution is 0.0945. The molecule has 0 fully saturated rings. The van der Waals surface area contributed by atoms with Crippen LogP contribution >= 0.6 is 34.8 Å². The smallest absolute Gasteiger partial charge is 0.273 e. The summed E-state index contributed by atoms with van der Waals surface area (Å²) in [5.74, 6) is -0.773. The fourth-order valence-corrected chi connectivity index (χ4v) is 3.61. The van der Waals surface area contributed by atoms with Gasteiger partial charge in [0.25, 0.3) is 11.8 Å². The number of hydrogen-bond acceptors (Lipinski definition) is 5. The van der Waals surface area contributed by atoms with Gasteiger partial charge in [0, 0.05) is 45.4 Å². The number of nitrogen functional groups attached to an aromatic ring is 1. The number of rotatable bonds is 5. The fourth-order valence-electron chi connectivity index (χ4n) is 2.65. The standard InChI is InChI=1S/C20H16Cl3N5O2/c1-25-20(30)17-18(24)26-9-16(28-17)10-3-2-4-11(5-10)19(29)27-8-13-14(22)6-12(21)7-15(13)23/h2-7,9H,8H2,1H3,(H2,24,26)(H,25,30)(H,27,29). The van der Waals surface area contributed by atoms with Gasteiger partial charge in [0.05, 0.1) is 11.9 Å². The number of benzene rings is 2. The number of nitrogens with two attached hydrogens (primary N) is 1. The van der Waals surface area contributed by atoms with Crippen molar-refractivity contribution in [2.75, 3.05) is 12.8 Å². The summed E-state index contributed by atoms with van der Waals surface area (Å²) in [6.45, 7) is 0.125. The Morgan fingerprint density at radius 3 is 2.43 bits per heavy atom. The molecule has 0 saturated heterocycles. The second-order valence-corrected chi connectivity index (χ2v) is 7.43. The molecule has 1 heterocycles. The third-order valence-corrected chi connectivity index (χ3v) is 5.09. The first-order chi connectivity index (χ1) is 14.3. The van der Waals surface area contributed by atoms with E-state index in [9.17, 15) is 9.59 Å². The summed E-state index contributed by atoms with van der Waals surface area (Å²) in [7, 11) is 1.47. The summed E-state index contributed by atoms with van der Waals surface area (Å²) in [6.07, 6.45) is 1.44. The maximum atomic E-state index is 12.6. The first-order valence-corrected chi connectivity index (χ1v) is 9.80. The van der Waals surface area contributed by atoms with Gasteiger partial charge >= 0.3 is 0 Å². The van der Waals surface area contributed by atoms with E-state index in [1.807, 2.05) is 0 Å². The van der Waals surface area contributed by atoms with Crippen molar-refractivity contribution in [1.82, 2.24) is 20.6 Å². The van der Waals surface area contributed by atoms with Crippen LogP contribution in [0.25, 0.3) is 11.3 Å². The molecule has 0 bridgehead atoms. The molecule has 4 N–H and O–H groups in total. The quantitative estimate of drug-likeness (QED) is 0.529. The molecule has 0 aliphatic rings. The molecule has 30 heavy (non-hydrogen) atoms. The van der Waals surface area contributed by atoms with E-state index < -0.39 is 5.91 Å². The van der Waals surface area contributed by atoms with Crippen molar-refractivity contribution in [3.63, 3.8) is 0 Å². The zero-order valence-corrected chi connectivity index (χ0v) is 17.9. The molecular weight excluding hydrogens is 449 g/mol. The van der Waals surface area contributed by atoms with E-state index >= 15 is 0 Å². The predicted molar refractivity (Wildman–Crippen MR) is 118 cm³/mol. The highest BCUT2D eigenvalue weighted by Gasteiger charge is 2.15. The number of amides is 2. The Balaban J connectivity index is 1.82. The Labute approximate surface area is 187 Å². The highest BCUT2D eigenvalue weighted by molar-refractivity contribution is 6.39. The van der Waals surface area contributed by atoms with E-state index in [1.54, 1.807) is 36.4 Å². The number of carbonyl (C=O) groups excluding carboxylic acids is 2. The average molecular weight is 465 g/mol. The Morgan fingerprint density at radius 2 is 1.77 bits per heavy atom. The molecule has 2 amide bonds. The highest BCUT2D eigenvalue weighted by Crippen LogP contribution is 2.29. The lowest BCUT2D eigenvalue weighted by Crippen LogP contribution is -2.23. The van der Waals surface area contributed by atoms with Crippen LogP contribution in [0.3, 0.4) is 0 Å². The van der Waals surface area contributed by atoms with E-state index in [2.05, 4.69) is 20.6 Å². The third kappa shape index (κ3) is 4.81. The molecule has 2 aromatic carbocycles. The number of aromatic nitrogens is 2. The molecule has 3 rings (SSSR count). The van der Waals surface area contributed by atoms with Crippen LogP contribution in [0, 0.1) is 0 Å². The zero-order valence-electron chi connectivity index (χ0n) is 15.7. The summed E-state index contributed by atoms with van der Waals surface area (Å²) in [5, 5.41) is 6.37. The average Bonchev–Trinajstić information content (AvgIpc) is 2.72. The van der Waals surface area contributed by atoms with E-state index in [-0.39, 0.29) is 24.0 Å². The minimum absolute atomic E-state index is 0.0110. The van der Waals surface area contributed by atoms with Gasteiger partial charge in [-0.15, -0.1) is 0 Å². The molecule has 0 atom stereocenters. The maximum Gasteiger partial charge on any atom is 0.273 e. The molecule has 0 radical (unpaired) electrons. The minimum atomic E-state index is -0.451. The van der Waals surface area contributed by atoms with Crippen molar-refractivity contribution < 1.29 is 9.59 Å². The second kappa shape index (κ2) is 9.30. The van der Waals surface area contributed by atoms with Gasteiger partial charge in [-0.05, 0) is 24.3 Å². The molecule has 0 aliphatic heterocycles. The molecule has 0 saturated carbocycles. The van der Waals surface area contributed by atoms with Crippen LogP contribution in [0.4, 0.5) is 5.82 Å². The van der Waals surface area contributed by atoms with E-state index in [4.69, 9.17) is 40.5 Å². The number of nitrogens with one attached hydrogen (secondary N) is 2. The normalized spacial score (nSPS) is 10.5. The van der Waals surface area contributed by atoms with Crippen molar-refractivity contribution in [1.29, 1.82) is 0 Å². The van der Waals surface area contributed by atoms with E-state index in [0.29, 0.717) is 37.5 Å².